The van der Waals surface area contributed by atoms with E-state index < -0.39 is 0 Å². The molecule has 0 aliphatic carbocycles. The summed E-state index contributed by atoms with van der Waals surface area (Å²) in [7, 11) is 0. The van der Waals surface area contributed by atoms with Crippen molar-refractivity contribution in [2.75, 3.05) is 6.61 Å². The topological polar surface area (TPSA) is 38.0 Å². The van der Waals surface area contributed by atoms with Gasteiger partial charge in [-0.2, -0.15) is 0 Å². The van der Waals surface area contributed by atoms with Crippen LogP contribution in [0.3, 0.4) is 0 Å². The van der Waals surface area contributed by atoms with E-state index in [9.17, 15) is 0 Å². The first kappa shape index (κ1) is 9.26. The second kappa shape index (κ2) is 4.93. The van der Waals surface area contributed by atoms with Crippen molar-refractivity contribution >= 4 is 0 Å². The van der Waals surface area contributed by atoms with E-state index in [4.69, 9.17) is 5.11 Å². The van der Waals surface area contributed by atoms with Crippen LogP contribution in [0.4, 0.5) is 0 Å². The van der Waals surface area contributed by atoms with Crippen molar-refractivity contribution in [1.82, 2.24) is 9.55 Å². The molecule has 12 heavy (non-hydrogen) atoms. The summed E-state index contributed by atoms with van der Waals surface area (Å²) in [6.45, 7) is 3.43. The predicted octanol–water partition coefficient (Wildman–Crippen LogP) is 1.22. The third-order valence-electron chi connectivity index (χ3n) is 1.82. The van der Waals surface area contributed by atoms with Crippen LogP contribution in [0.15, 0.2) is 12.4 Å². The summed E-state index contributed by atoms with van der Waals surface area (Å²) >= 11 is 0. The number of aliphatic hydroxyl groups is 1. The minimum atomic E-state index is 0.249. The van der Waals surface area contributed by atoms with Crippen LogP contribution in [-0.2, 0) is 13.0 Å². The Kier molecular flexibility index (Phi) is 3.80. The van der Waals surface area contributed by atoms with Crippen molar-refractivity contribution in [3.63, 3.8) is 0 Å². The molecule has 0 amide bonds. The lowest BCUT2D eigenvalue weighted by Gasteiger charge is -2.04. The fourth-order valence-corrected chi connectivity index (χ4v) is 1.25. The molecule has 1 aromatic rings. The van der Waals surface area contributed by atoms with Crippen molar-refractivity contribution in [3.05, 3.63) is 18.2 Å². The molecule has 3 heteroatoms. The minimum absolute atomic E-state index is 0.249. The van der Waals surface area contributed by atoms with Gasteiger partial charge in [0.15, 0.2) is 0 Å². The largest absolute Gasteiger partial charge is 0.396 e. The maximum Gasteiger partial charge on any atom is 0.108 e. The summed E-state index contributed by atoms with van der Waals surface area (Å²) in [5, 5.41) is 8.65. The Hall–Kier alpha value is -0.830. The molecule has 0 bridgehead atoms. The van der Waals surface area contributed by atoms with Gasteiger partial charge in [0, 0.05) is 32.0 Å². The molecule has 0 unspecified atom stereocenters. The Labute approximate surface area is 73.1 Å². The summed E-state index contributed by atoms with van der Waals surface area (Å²) < 4.78 is 2.15. The summed E-state index contributed by atoms with van der Waals surface area (Å²) in [4.78, 5) is 4.22. The molecule has 0 aliphatic rings. The molecule has 0 saturated heterocycles. The monoisotopic (exact) mass is 168 g/mol. The van der Waals surface area contributed by atoms with E-state index in [1.807, 2.05) is 12.4 Å². The standard InChI is InChI=1S/C9H16N2O/c1-2-6-11-7-5-10-9(11)4-3-8-12/h5,7,12H,2-4,6,8H2,1H3. The van der Waals surface area contributed by atoms with Gasteiger partial charge in [-0.1, -0.05) is 6.92 Å². The van der Waals surface area contributed by atoms with Gasteiger partial charge in [0.2, 0.25) is 0 Å². The lowest BCUT2D eigenvalue weighted by molar-refractivity contribution is 0.287. The van der Waals surface area contributed by atoms with Crippen molar-refractivity contribution in [1.29, 1.82) is 0 Å². The zero-order chi connectivity index (χ0) is 8.81. The van der Waals surface area contributed by atoms with Crippen molar-refractivity contribution in [3.8, 4) is 0 Å². The first-order valence-electron chi connectivity index (χ1n) is 4.49. The Balaban J connectivity index is 2.51. The van der Waals surface area contributed by atoms with Crippen molar-refractivity contribution < 1.29 is 5.11 Å². The molecular formula is C9H16N2O. The maximum absolute atomic E-state index is 8.65. The molecule has 1 aromatic heterocycles. The van der Waals surface area contributed by atoms with Crippen molar-refractivity contribution in [2.24, 2.45) is 0 Å². The average Bonchev–Trinajstić information content (AvgIpc) is 2.50. The van der Waals surface area contributed by atoms with Crippen LogP contribution in [-0.4, -0.2) is 21.3 Å². The number of hydrogen-bond donors (Lipinski definition) is 1. The average molecular weight is 168 g/mol. The number of hydrogen-bond acceptors (Lipinski definition) is 2. The van der Waals surface area contributed by atoms with Gasteiger partial charge in [0.05, 0.1) is 0 Å². The van der Waals surface area contributed by atoms with E-state index in [0.717, 1.165) is 31.6 Å². The number of rotatable bonds is 5. The molecule has 0 saturated carbocycles. The second-order valence-electron chi connectivity index (χ2n) is 2.86. The predicted molar refractivity (Wildman–Crippen MR) is 47.9 cm³/mol. The highest BCUT2D eigenvalue weighted by atomic mass is 16.2. The number of aromatic nitrogens is 2. The Morgan fingerprint density at radius 3 is 3.08 bits per heavy atom. The van der Waals surface area contributed by atoms with Gasteiger partial charge in [-0.05, 0) is 12.8 Å². The molecule has 0 spiro atoms. The molecule has 1 heterocycles. The normalized spacial score (nSPS) is 10.5. The van der Waals surface area contributed by atoms with Crippen molar-refractivity contribution in [2.45, 2.75) is 32.7 Å². The number of aliphatic hydroxyl groups excluding tert-OH is 1. The molecule has 0 aliphatic heterocycles. The highest BCUT2D eigenvalue weighted by Gasteiger charge is 1.99. The molecule has 0 aromatic carbocycles. The van der Waals surface area contributed by atoms with Crippen LogP contribution in [0, 0.1) is 0 Å². The van der Waals surface area contributed by atoms with Gasteiger partial charge in [-0.25, -0.2) is 4.98 Å². The van der Waals surface area contributed by atoms with E-state index >= 15 is 0 Å². The van der Waals surface area contributed by atoms with E-state index in [0.29, 0.717) is 0 Å². The highest BCUT2D eigenvalue weighted by Crippen LogP contribution is 2.01. The molecular weight excluding hydrogens is 152 g/mol. The zero-order valence-corrected chi connectivity index (χ0v) is 7.53. The van der Waals surface area contributed by atoms with E-state index in [-0.39, 0.29) is 6.61 Å². The van der Waals surface area contributed by atoms with Gasteiger partial charge >= 0.3 is 0 Å². The molecule has 3 nitrogen and oxygen atoms in total. The summed E-state index contributed by atoms with van der Waals surface area (Å²) in [6, 6.07) is 0. The fraction of sp³-hybridized carbons (Fsp3) is 0.667. The maximum atomic E-state index is 8.65. The Morgan fingerprint density at radius 2 is 2.42 bits per heavy atom. The molecule has 68 valence electrons. The van der Waals surface area contributed by atoms with E-state index in [1.54, 1.807) is 0 Å². The number of imidazole rings is 1. The zero-order valence-electron chi connectivity index (χ0n) is 7.53. The van der Waals surface area contributed by atoms with Crippen LogP contribution in [0.2, 0.25) is 0 Å². The molecule has 0 atom stereocenters. The third-order valence-corrected chi connectivity index (χ3v) is 1.82. The second-order valence-corrected chi connectivity index (χ2v) is 2.86. The summed E-state index contributed by atoms with van der Waals surface area (Å²) in [6.07, 6.45) is 6.63. The van der Waals surface area contributed by atoms with Crippen LogP contribution >= 0.6 is 0 Å². The lowest BCUT2D eigenvalue weighted by atomic mass is 10.3. The van der Waals surface area contributed by atoms with Gasteiger partial charge in [0.1, 0.15) is 5.82 Å². The summed E-state index contributed by atoms with van der Waals surface area (Å²) in [5.74, 6) is 1.09. The molecule has 1 N–H and O–H groups in total. The first-order chi connectivity index (χ1) is 5.88. The number of nitrogens with zero attached hydrogens (tertiary/aromatic N) is 2. The minimum Gasteiger partial charge on any atom is -0.396 e. The van der Waals surface area contributed by atoms with Crippen LogP contribution in [0.25, 0.3) is 0 Å². The van der Waals surface area contributed by atoms with Gasteiger partial charge in [-0.15, -0.1) is 0 Å². The quantitative estimate of drug-likeness (QED) is 0.717. The first-order valence-corrected chi connectivity index (χ1v) is 4.49. The lowest BCUT2D eigenvalue weighted by Crippen LogP contribution is -2.03. The van der Waals surface area contributed by atoms with Gasteiger partial charge in [-0.3, -0.25) is 0 Å². The van der Waals surface area contributed by atoms with Gasteiger partial charge < -0.3 is 9.67 Å². The van der Waals surface area contributed by atoms with E-state index in [2.05, 4.69) is 16.5 Å². The fourth-order valence-electron chi connectivity index (χ4n) is 1.25. The molecule has 1 rings (SSSR count). The number of aryl methyl sites for hydroxylation is 2. The Bertz CT molecular complexity index is 220. The van der Waals surface area contributed by atoms with E-state index in [1.165, 1.54) is 0 Å². The summed E-state index contributed by atoms with van der Waals surface area (Å²) in [5.41, 5.74) is 0. The molecule has 0 fully saturated rings. The van der Waals surface area contributed by atoms with Crippen LogP contribution in [0.1, 0.15) is 25.6 Å². The third kappa shape index (κ3) is 2.34. The molecule has 0 radical (unpaired) electrons. The van der Waals surface area contributed by atoms with Crippen LogP contribution in [0.5, 0.6) is 0 Å². The highest BCUT2D eigenvalue weighted by molar-refractivity contribution is 4.92. The SMILES string of the molecule is CCCn1ccnc1CCCO. The van der Waals surface area contributed by atoms with Gasteiger partial charge in [0.25, 0.3) is 0 Å². The Morgan fingerprint density at radius 1 is 1.58 bits per heavy atom. The van der Waals surface area contributed by atoms with Crippen LogP contribution < -0.4 is 0 Å². The smallest absolute Gasteiger partial charge is 0.108 e.